The fourth-order valence-electron chi connectivity index (χ4n) is 2.90. The Balaban J connectivity index is 1.44. The maximum Gasteiger partial charge on any atom is 0.271 e. The average molecular weight is 404 g/mol. The highest BCUT2D eigenvalue weighted by Gasteiger charge is 2.17. The van der Waals surface area contributed by atoms with Crippen molar-refractivity contribution in [3.05, 3.63) is 77.7 Å². The molecule has 0 saturated heterocycles. The molecule has 0 saturated carbocycles. The van der Waals surface area contributed by atoms with E-state index in [0.717, 1.165) is 27.6 Å². The van der Waals surface area contributed by atoms with Gasteiger partial charge in [-0.25, -0.2) is 9.97 Å². The minimum atomic E-state index is -0.272. The predicted molar refractivity (Wildman–Crippen MR) is 114 cm³/mol. The Kier molecular flexibility index (Phi) is 5.39. The van der Waals surface area contributed by atoms with Gasteiger partial charge in [0.2, 0.25) is 0 Å². The number of nitrogens with one attached hydrogen (secondary N) is 2. The Morgan fingerprint density at radius 3 is 2.59 bits per heavy atom. The summed E-state index contributed by atoms with van der Waals surface area (Å²) >= 11 is 1.43. The molecule has 0 bridgehead atoms. The Morgan fingerprint density at radius 2 is 1.86 bits per heavy atom. The van der Waals surface area contributed by atoms with Crippen molar-refractivity contribution in [1.29, 1.82) is 0 Å². The molecule has 1 atom stereocenters. The van der Waals surface area contributed by atoms with Crippen LogP contribution < -0.4 is 10.1 Å². The minimum absolute atomic E-state index is 0.230. The smallest absolute Gasteiger partial charge is 0.271 e. The van der Waals surface area contributed by atoms with E-state index in [4.69, 9.17) is 4.74 Å². The number of hydrogen-bond acceptors (Lipinski definition) is 5. The van der Waals surface area contributed by atoms with Gasteiger partial charge in [-0.1, -0.05) is 30.3 Å². The number of carbonyl (C=O) groups excluding carboxylic acids is 1. The molecule has 0 aliphatic carbocycles. The molecule has 2 aromatic carbocycles. The van der Waals surface area contributed by atoms with Crippen molar-refractivity contribution in [2.75, 3.05) is 7.11 Å². The van der Waals surface area contributed by atoms with Gasteiger partial charge >= 0.3 is 0 Å². The molecule has 0 aliphatic rings. The van der Waals surface area contributed by atoms with Crippen molar-refractivity contribution in [3.8, 4) is 27.6 Å². The first-order chi connectivity index (χ1) is 14.1. The van der Waals surface area contributed by atoms with Gasteiger partial charge in [0, 0.05) is 10.9 Å². The third-order valence-corrected chi connectivity index (χ3v) is 5.40. The number of aromatic nitrogens is 3. The second kappa shape index (κ2) is 8.28. The summed E-state index contributed by atoms with van der Waals surface area (Å²) < 4.78 is 5.17. The van der Waals surface area contributed by atoms with Crippen LogP contribution >= 0.6 is 11.3 Å². The van der Waals surface area contributed by atoms with Crippen molar-refractivity contribution >= 4 is 17.2 Å². The molecule has 0 spiro atoms. The van der Waals surface area contributed by atoms with Crippen LogP contribution in [-0.2, 0) is 0 Å². The van der Waals surface area contributed by atoms with Crippen LogP contribution in [0.1, 0.15) is 29.3 Å². The lowest BCUT2D eigenvalue weighted by molar-refractivity contribution is 0.0934. The third kappa shape index (κ3) is 4.20. The fourth-order valence-corrected chi connectivity index (χ4v) is 3.71. The van der Waals surface area contributed by atoms with Crippen LogP contribution in [0.4, 0.5) is 0 Å². The molecule has 0 fully saturated rings. The number of hydrogen-bond donors (Lipinski definition) is 2. The summed E-state index contributed by atoms with van der Waals surface area (Å²) in [6.45, 7) is 1.89. The number of carbonyl (C=O) groups is 1. The molecule has 0 aliphatic heterocycles. The zero-order chi connectivity index (χ0) is 20.2. The molecule has 1 unspecified atom stereocenters. The van der Waals surface area contributed by atoms with Crippen LogP contribution in [0.25, 0.3) is 21.8 Å². The topological polar surface area (TPSA) is 79.9 Å². The lowest BCUT2D eigenvalue weighted by Crippen LogP contribution is -2.27. The molecule has 146 valence electrons. The van der Waals surface area contributed by atoms with E-state index in [-0.39, 0.29) is 11.9 Å². The highest BCUT2D eigenvalue weighted by Crippen LogP contribution is 2.26. The van der Waals surface area contributed by atoms with E-state index in [1.807, 2.05) is 61.5 Å². The quantitative estimate of drug-likeness (QED) is 0.488. The van der Waals surface area contributed by atoms with Gasteiger partial charge < -0.3 is 15.0 Å². The van der Waals surface area contributed by atoms with E-state index < -0.39 is 0 Å². The van der Waals surface area contributed by atoms with Crippen LogP contribution in [-0.4, -0.2) is 28.0 Å². The van der Waals surface area contributed by atoms with Crippen LogP contribution in [0, 0.1) is 0 Å². The molecule has 1 amide bonds. The summed E-state index contributed by atoms with van der Waals surface area (Å²) in [5.74, 6) is 1.25. The van der Waals surface area contributed by atoms with Gasteiger partial charge in [-0.05, 0) is 36.8 Å². The number of thiazole rings is 1. The lowest BCUT2D eigenvalue weighted by Gasteiger charge is -2.10. The van der Waals surface area contributed by atoms with Gasteiger partial charge in [0.15, 0.2) is 0 Å². The summed E-state index contributed by atoms with van der Waals surface area (Å²) in [6.07, 6.45) is 1.78. The maximum atomic E-state index is 12.6. The predicted octanol–water partition coefficient (Wildman–Crippen LogP) is 4.70. The second-order valence-electron chi connectivity index (χ2n) is 6.51. The van der Waals surface area contributed by atoms with E-state index in [1.165, 1.54) is 11.3 Å². The average Bonchev–Trinajstić information content (AvgIpc) is 3.45. The van der Waals surface area contributed by atoms with Crippen LogP contribution in [0.15, 0.2) is 66.2 Å². The van der Waals surface area contributed by atoms with Gasteiger partial charge in [-0.15, -0.1) is 11.3 Å². The highest BCUT2D eigenvalue weighted by molar-refractivity contribution is 7.13. The van der Waals surface area contributed by atoms with Crippen molar-refractivity contribution in [1.82, 2.24) is 20.3 Å². The number of methoxy groups -OCH3 is 1. The number of imidazole rings is 1. The number of aromatic amines is 1. The zero-order valence-electron chi connectivity index (χ0n) is 16.0. The normalized spacial score (nSPS) is 11.8. The van der Waals surface area contributed by atoms with Crippen LogP contribution in [0.2, 0.25) is 0 Å². The Labute approximate surface area is 172 Å². The highest BCUT2D eigenvalue weighted by atomic mass is 32.1. The first-order valence-corrected chi connectivity index (χ1v) is 10.0. The molecule has 7 heteroatoms. The maximum absolute atomic E-state index is 12.6. The molecular weight excluding hydrogens is 384 g/mol. The largest absolute Gasteiger partial charge is 0.497 e. The summed E-state index contributed by atoms with van der Waals surface area (Å²) in [4.78, 5) is 24.8. The Hall–Kier alpha value is -3.45. The number of rotatable bonds is 6. The number of amides is 1. The number of H-pyrrole nitrogens is 1. The van der Waals surface area contributed by atoms with E-state index >= 15 is 0 Å². The van der Waals surface area contributed by atoms with E-state index in [0.29, 0.717) is 11.5 Å². The van der Waals surface area contributed by atoms with Gasteiger partial charge in [-0.3, -0.25) is 4.79 Å². The van der Waals surface area contributed by atoms with Crippen molar-refractivity contribution < 1.29 is 9.53 Å². The summed E-state index contributed by atoms with van der Waals surface area (Å²) in [6, 6.07) is 17.3. The second-order valence-corrected chi connectivity index (χ2v) is 7.37. The van der Waals surface area contributed by atoms with Gasteiger partial charge in [0.25, 0.3) is 5.91 Å². The minimum Gasteiger partial charge on any atom is -0.497 e. The molecule has 29 heavy (non-hydrogen) atoms. The number of benzene rings is 2. The molecule has 2 aromatic heterocycles. The van der Waals surface area contributed by atoms with Gasteiger partial charge in [-0.2, -0.15) is 0 Å². The van der Waals surface area contributed by atoms with Crippen LogP contribution in [0.5, 0.6) is 5.75 Å². The zero-order valence-corrected chi connectivity index (χ0v) is 16.9. The van der Waals surface area contributed by atoms with Crippen molar-refractivity contribution in [2.45, 2.75) is 13.0 Å². The summed E-state index contributed by atoms with van der Waals surface area (Å²) in [5.41, 5.74) is 3.30. The fraction of sp³-hybridized carbons (Fsp3) is 0.136. The summed E-state index contributed by atoms with van der Waals surface area (Å²) in [5, 5.41) is 5.50. The standard InChI is InChI=1S/C22H20N4O2S/c1-14(20-23-12-18(25-20)15-6-4-3-5-7-15)24-21(27)19-13-29-22(26-19)16-8-10-17(28-2)11-9-16/h3-14H,1-2H3,(H,23,25)(H,24,27). The molecule has 4 aromatic rings. The Morgan fingerprint density at radius 1 is 1.10 bits per heavy atom. The van der Waals surface area contributed by atoms with Crippen molar-refractivity contribution in [3.63, 3.8) is 0 Å². The van der Waals surface area contributed by atoms with Crippen LogP contribution in [0.3, 0.4) is 0 Å². The molecule has 6 nitrogen and oxygen atoms in total. The number of ether oxygens (including phenoxy) is 1. The van der Waals surface area contributed by atoms with E-state index in [9.17, 15) is 4.79 Å². The molecule has 4 rings (SSSR count). The number of nitrogens with zero attached hydrogens (tertiary/aromatic N) is 2. The Bertz CT molecular complexity index is 1100. The first-order valence-electron chi connectivity index (χ1n) is 9.15. The van der Waals surface area contributed by atoms with Crippen molar-refractivity contribution in [2.24, 2.45) is 0 Å². The lowest BCUT2D eigenvalue weighted by atomic mass is 10.2. The SMILES string of the molecule is COc1ccc(-c2nc(C(=O)NC(C)c3ncc(-c4ccccc4)[nH]3)cs2)cc1. The molecule has 2 N–H and O–H groups in total. The van der Waals surface area contributed by atoms with E-state index in [2.05, 4.69) is 20.3 Å². The molecular formula is C22H20N4O2S. The van der Waals surface area contributed by atoms with Gasteiger partial charge in [0.1, 0.15) is 22.3 Å². The van der Waals surface area contributed by atoms with Gasteiger partial charge in [0.05, 0.1) is 25.0 Å². The molecule has 2 heterocycles. The monoisotopic (exact) mass is 404 g/mol. The first kappa shape index (κ1) is 18.9. The third-order valence-electron chi connectivity index (χ3n) is 4.51. The summed E-state index contributed by atoms with van der Waals surface area (Å²) in [7, 11) is 1.63. The van der Waals surface area contributed by atoms with E-state index in [1.54, 1.807) is 18.7 Å². The molecule has 0 radical (unpaired) electrons.